The van der Waals surface area contributed by atoms with E-state index < -0.39 is 0 Å². The van der Waals surface area contributed by atoms with Crippen LogP contribution in [0.15, 0.2) is 53.1 Å². The molecule has 1 aliphatic rings. The van der Waals surface area contributed by atoms with Gasteiger partial charge in [0.05, 0.1) is 0 Å². The molecule has 0 aliphatic carbocycles. The third-order valence-corrected chi connectivity index (χ3v) is 4.41. The molecule has 0 saturated carbocycles. The number of hydrogen-bond acceptors (Lipinski definition) is 4. The van der Waals surface area contributed by atoms with Gasteiger partial charge in [-0.1, -0.05) is 16.8 Å². The Kier molecular flexibility index (Phi) is 3.97. The molecule has 126 valence electrons. The van der Waals surface area contributed by atoms with E-state index in [2.05, 4.69) is 10.1 Å². The Hall–Kier alpha value is -2.73. The Morgan fingerprint density at radius 3 is 2.56 bits per heavy atom. The first-order valence-electron chi connectivity index (χ1n) is 7.75. The van der Waals surface area contributed by atoms with Crippen molar-refractivity contribution in [3.05, 3.63) is 65.2 Å². The summed E-state index contributed by atoms with van der Waals surface area (Å²) >= 11 is 5.87. The van der Waals surface area contributed by atoms with Gasteiger partial charge in [-0.25, -0.2) is 4.39 Å². The molecule has 0 N–H and O–H groups in total. The molecule has 3 aromatic rings. The van der Waals surface area contributed by atoms with Gasteiger partial charge in [0.25, 0.3) is 5.89 Å². The van der Waals surface area contributed by atoms with Crippen molar-refractivity contribution in [1.82, 2.24) is 10.1 Å². The van der Waals surface area contributed by atoms with Gasteiger partial charge in [0.1, 0.15) is 5.82 Å². The minimum Gasteiger partial charge on any atom is -0.334 e. The number of carbonyl (C=O) groups excluding carboxylic acids is 1. The van der Waals surface area contributed by atoms with Crippen molar-refractivity contribution in [3.63, 3.8) is 0 Å². The summed E-state index contributed by atoms with van der Waals surface area (Å²) in [5, 5.41) is 4.64. The first-order valence-corrected chi connectivity index (χ1v) is 8.13. The predicted molar refractivity (Wildman–Crippen MR) is 90.9 cm³/mol. The van der Waals surface area contributed by atoms with Crippen molar-refractivity contribution >= 4 is 23.2 Å². The van der Waals surface area contributed by atoms with Crippen LogP contribution in [0.25, 0.3) is 11.5 Å². The van der Waals surface area contributed by atoms with Crippen LogP contribution in [-0.4, -0.2) is 22.6 Å². The van der Waals surface area contributed by atoms with Crippen molar-refractivity contribution in [2.45, 2.75) is 12.3 Å². The molecule has 1 aliphatic heterocycles. The standard InChI is InChI=1S/C18H13ClFN3O2/c19-13-3-1-11(2-4-13)18-21-17(22-25-18)12-9-16(24)23(10-12)15-7-5-14(20)6-8-15/h1-8,12H,9-10H2/t12-/m1/s1. The molecule has 0 bridgehead atoms. The number of amides is 1. The minimum atomic E-state index is -0.335. The number of nitrogens with zero attached hydrogens (tertiary/aromatic N) is 3. The van der Waals surface area contributed by atoms with Gasteiger partial charge in [-0.2, -0.15) is 4.98 Å². The molecule has 2 heterocycles. The molecule has 25 heavy (non-hydrogen) atoms. The zero-order valence-corrected chi connectivity index (χ0v) is 13.8. The normalized spacial score (nSPS) is 17.3. The molecule has 1 aromatic heterocycles. The van der Waals surface area contributed by atoms with Crippen molar-refractivity contribution in [3.8, 4) is 11.5 Å². The molecule has 4 rings (SSSR count). The van der Waals surface area contributed by atoms with Gasteiger partial charge in [0, 0.05) is 35.2 Å². The SMILES string of the molecule is O=C1C[C@@H](c2noc(-c3ccc(Cl)cc3)n2)CN1c1ccc(F)cc1. The first kappa shape index (κ1) is 15.8. The van der Waals surface area contributed by atoms with Crippen LogP contribution in [0.5, 0.6) is 0 Å². The van der Waals surface area contributed by atoms with Crippen molar-refractivity contribution < 1.29 is 13.7 Å². The van der Waals surface area contributed by atoms with Crippen LogP contribution in [0, 0.1) is 5.82 Å². The quantitative estimate of drug-likeness (QED) is 0.709. The fourth-order valence-corrected chi connectivity index (χ4v) is 2.99. The van der Waals surface area contributed by atoms with Gasteiger partial charge in [-0.15, -0.1) is 0 Å². The minimum absolute atomic E-state index is 0.0468. The third kappa shape index (κ3) is 3.13. The number of aromatic nitrogens is 2. The maximum Gasteiger partial charge on any atom is 0.257 e. The summed E-state index contributed by atoms with van der Waals surface area (Å²) in [7, 11) is 0. The zero-order chi connectivity index (χ0) is 17.4. The van der Waals surface area contributed by atoms with E-state index >= 15 is 0 Å². The van der Waals surface area contributed by atoms with Crippen LogP contribution in [0.2, 0.25) is 5.02 Å². The van der Waals surface area contributed by atoms with Gasteiger partial charge in [0.2, 0.25) is 5.91 Å². The molecule has 1 amide bonds. The van der Waals surface area contributed by atoms with E-state index in [1.54, 1.807) is 41.3 Å². The predicted octanol–water partition coefficient (Wildman–Crippen LogP) is 4.05. The van der Waals surface area contributed by atoms with Crippen LogP contribution in [0.1, 0.15) is 18.2 Å². The second-order valence-electron chi connectivity index (χ2n) is 5.85. The summed E-state index contributed by atoms with van der Waals surface area (Å²) in [4.78, 5) is 18.3. The lowest BCUT2D eigenvalue weighted by molar-refractivity contribution is -0.117. The molecule has 1 fully saturated rings. The number of benzene rings is 2. The maximum absolute atomic E-state index is 13.1. The van der Waals surface area contributed by atoms with Crippen molar-refractivity contribution in [2.75, 3.05) is 11.4 Å². The summed E-state index contributed by atoms with van der Waals surface area (Å²) in [5.41, 5.74) is 1.43. The molecular formula is C18H13ClFN3O2. The highest BCUT2D eigenvalue weighted by molar-refractivity contribution is 6.30. The van der Waals surface area contributed by atoms with E-state index in [0.717, 1.165) is 5.56 Å². The van der Waals surface area contributed by atoms with E-state index in [9.17, 15) is 9.18 Å². The summed E-state index contributed by atoms with van der Waals surface area (Å²) in [6, 6.07) is 12.9. The van der Waals surface area contributed by atoms with Gasteiger partial charge < -0.3 is 9.42 Å². The second-order valence-corrected chi connectivity index (χ2v) is 6.28. The van der Waals surface area contributed by atoms with Gasteiger partial charge in [-0.05, 0) is 48.5 Å². The monoisotopic (exact) mass is 357 g/mol. The number of anilines is 1. The Morgan fingerprint density at radius 1 is 1.12 bits per heavy atom. The fourth-order valence-electron chi connectivity index (χ4n) is 2.86. The largest absolute Gasteiger partial charge is 0.334 e. The molecule has 5 nitrogen and oxygen atoms in total. The highest BCUT2D eigenvalue weighted by atomic mass is 35.5. The lowest BCUT2D eigenvalue weighted by Gasteiger charge is -2.15. The highest BCUT2D eigenvalue weighted by Gasteiger charge is 2.34. The lowest BCUT2D eigenvalue weighted by atomic mass is 10.1. The van der Waals surface area contributed by atoms with Crippen LogP contribution >= 0.6 is 11.6 Å². The Labute approximate surface area is 148 Å². The van der Waals surface area contributed by atoms with E-state index in [1.807, 2.05) is 0 Å². The molecule has 1 saturated heterocycles. The van der Waals surface area contributed by atoms with E-state index in [4.69, 9.17) is 16.1 Å². The summed E-state index contributed by atoms with van der Waals surface area (Å²) in [6.45, 7) is 0.435. The molecule has 1 atom stereocenters. The Balaban J connectivity index is 1.54. The van der Waals surface area contributed by atoms with E-state index in [-0.39, 0.29) is 24.1 Å². The number of rotatable bonds is 3. The fraction of sp³-hybridized carbons (Fsp3) is 0.167. The van der Waals surface area contributed by atoms with Crippen molar-refractivity contribution in [2.24, 2.45) is 0 Å². The molecular weight excluding hydrogens is 345 g/mol. The van der Waals surface area contributed by atoms with Crippen LogP contribution < -0.4 is 4.90 Å². The number of hydrogen-bond donors (Lipinski definition) is 0. The Morgan fingerprint density at radius 2 is 1.84 bits per heavy atom. The smallest absolute Gasteiger partial charge is 0.257 e. The van der Waals surface area contributed by atoms with Gasteiger partial charge >= 0.3 is 0 Å². The van der Waals surface area contributed by atoms with Crippen LogP contribution in [0.4, 0.5) is 10.1 Å². The molecule has 0 spiro atoms. The summed E-state index contributed by atoms with van der Waals surface area (Å²) in [6.07, 6.45) is 0.289. The van der Waals surface area contributed by atoms with E-state index in [0.29, 0.717) is 29.0 Å². The lowest BCUT2D eigenvalue weighted by Crippen LogP contribution is -2.24. The van der Waals surface area contributed by atoms with Gasteiger partial charge in [0.15, 0.2) is 5.82 Å². The summed E-state index contributed by atoms with van der Waals surface area (Å²) < 4.78 is 18.4. The van der Waals surface area contributed by atoms with Crippen LogP contribution in [-0.2, 0) is 4.79 Å². The molecule has 0 unspecified atom stereocenters. The zero-order valence-electron chi connectivity index (χ0n) is 13.0. The highest BCUT2D eigenvalue weighted by Crippen LogP contribution is 2.31. The number of carbonyl (C=O) groups is 1. The molecule has 2 aromatic carbocycles. The maximum atomic E-state index is 13.1. The first-order chi connectivity index (χ1) is 12.1. The summed E-state index contributed by atoms with van der Waals surface area (Å²) in [5.74, 6) is 0.330. The second kappa shape index (κ2) is 6.29. The third-order valence-electron chi connectivity index (χ3n) is 4.16. The van der Waals surface area contributed by atoms with Gasteiger partial charge in [-0.3, -0.25) is 4.79 Å². The van der Waals surface area contributed by atoms with E-state index in [1.165, 1.54) is 12.1 Å². The van der Waals surface area contributed by atoms with Crippen LogP contribution in [0.3, 0.4) is 0 Å². The van der Waals surface area contributed by atoms with Crippen molar-refractivity contribution in [1.29, 1.82) is 0 Å². The molecule has 7 heteroatoms. The average Bonchev–Trinajstić information content (AvgIpc) is 3.23. The topological polar surface area (TPSA) is 59.2 Å². The molecule has 0 radical (unpaired) electrons. The Bertz CT molecular complexity index is 909. The average molecular weight is 358 g/mol. The number of halogens is 2.